The lowest BCUT2D eigenvalue weighted by atomic mass is 9.94. The number of nitrogens with zero attached hydrogens (tertiary/aromatic N) is 2. The molecule has 1 heterocycles. The van der Waals surface area contributed by atoms with Crippen molar-refractivity contribution in [3.8, 4) is 11.5 Å². The van der Waals surface area contributed by atoms with E-state index in [1.54, 1.807) is 6.92 Å². The minimum Gasteiger partial charge on any atom is -0.865 e. The van der Waals surface area contributed by atoms with Crippen LogP contribution in [0.15, 0.2) is 23.4 Å². The lowest BCUT2D eigenvalue weighted by Crippen LogP contribution is -2.46. The molecule has 0 aromatic heterocycles. The van der Waals surface area contributed by atoms with E-state index in [-0.39, 0.29) is 16.9 Å². The van der Waals surface area contributed by atoms with Crippen molar-refractivity contribution in [3.63, 3.8) is 0 Å². The maximum Gasteiger partial charge on any atom is 0.337 e. The van der Waals surface area contributed by atoms with Gasteiger partial charge in [0.25, 0.3) is 5.69 Å². The Kier molecular flexibility index (Phi) is 4.82. The highest BCUT2D eigenvalue weighted by molar-refractivity contribution is 5.95. The number of nitrogens with one attached hydrogen (secondary N) is 1. The first-order chi connectivity index (χ1) is 11.7. The molecule has 10 heteroatoms. The highest BCUT2D eigenvalue weighted by Gasteiger charge is 2.35. The number of nitro groups is 1. The Balaban J connectivity index is 2.70. The van der Waals surface area contributed by atoms with Gasteiger partial charge in [-0.05, 0) is 18.6 Å². The Labute approximate surface area is 142 Å². The van der Waals surface area contributed by atoms with Gasteiger partial charge in [-0.2, -0.15) is 0 Å². The molecule has 2 amide bonds. The second-order valence-electron chi connectivity index (χ2n) is 5.26. The second-order valence-corrected chi connectivity index (χ2v) is 5.26. The van der Waals surface area contributed by atoms with Crippen molar-refractivity contribution < 1.29 is 29.1 Å². The number of hydrogen-bond donors (Lipinski definition) is 1. The third-order valence-corrected chi connectivity index (χ3v) is 3.97. The van der Waals surface area contributed by atoms with Gasteiger partial charge in [0.2, 0.25) is 0 Å². The van der Waals surface area contributed by atoms with Gasteiger partial charge in [0.1, 0.15) is 5.75 Å². The Hall–Kier alpha value is -3.30. The molecule has 25 heavy (non-hydrogen) atoms. The van der Waals surface area contributed by atoms with Crippen LogP contribution in [0.5, 0.6) is 11.5 Å². The van der Waals surface area contributed by atoms with Gasteiger partial charge in [0.05, 0.1) is 30.8 Å². The van der Waals surface area contributed by atoms with E-state index in [2.05, 4.69) is 5.32 Å². The maximum atomic E-state index is 12.2. The molecule has 1 aromatic rings. The summed E-state index contributed by atoms with van der Waals surface area (Å²) in [5.74, 6) is -1.86. The van der Waals surface area contributed by atoms with Crippen molar-refractivity contribution >= 4 is 17.7 Å². The molecule has 0 fully saturated rings. The van der Waals surface area contributed by atoms with Crippen molar-refractivity contribution in [3.05, 3.63) is 39.1 Å². The number of ether oxygens (including phenoxy) is 2. The largest absolute Gasteiger partial charge is 0.865 e. The standard InChI is InChI=1S/C15H17N3O7/c1-7-11(14(20)25-4)12(16-15(21)17(7)2)8-5-9(18(22)23)13(19)10(6-8)24-3/h5-6,12,19H,1-4H3,(H,16,21)/p-1/t12-/m1/s1. The Morgan fingerprint density at radius 3 is 2.52 bits per heavy atom. The van der Waals surface area contributed by atoms with Crippen LogP contribution in [0.4, 0.5) is 10.5 Å². The number of methoxy groups -OCH3 is 2. The number of esters is 1. The fraction of sp³-hybridized carbons (Fsp3) is 0.333. The van der Waals surface area contributed by atoms with Crippen molar-refractivity contribution in [2.24, 2.45) is 0 Å². The van der Waals surface area contributed by atoms with Crippen molar-refractivity contribution in [2.45, 2.75) is 13.0 Å². The van der Waals surface area contributed by atoms with Gasteiger partial charge >= 0.3 is 12.0 Å². The molecule has 0 spiro atoms. The third-order valence-electron chi connectivity index (χ3n) is 3.97. The van der Waals surface area contributed by atoms with E-state index >= 15 is 0 Å². The SMILES string of the molecule is COC(=O)C1=C(C)N(C)C(=O)N[C@@H]1c1cc(OC)c([O-])c([N+](=O)[O-])c1. The van der Waals surface area contributed by atoms with Crippen LogP contribution < -0.4 is 15.2 Å². The second kappa shape index (κ2) is 6.67. The molecule has 2 rings (SSSR count). The van der Waals surface area contributed by atoms with E-state index in [4.69, 9.17) is 9.47 Å². The highest BCUT2D eigenvalue weighted by Crippen LogP contribution is 2.39. The third kappa shape index (κ3) is 3.05. The summed E-state index contributed by atoms with van der Waals surface area (Å²) < 4.78 is 9.64. The van der Waals surface area contributed by atoms with Gasteiger partial charge in [-0.25, -0.2) is 9.59 Å². The summed E-state index contributed by atoms with van der Waals surface area (Å²) in [5, 5.41) is 25.7. The summed E-state index contributed by atoms with van der Waals surface area (Å²) in [6.07, 6.45) is 0. The van der Waals surface area contributed by atoms with E-state index in [1.165, 1.54) is 32.2 Å². The van der Waals surface area contributed by atoms with Crippen molar-refractivity contribution in [1.82, 2.24) is 10.2 Å². The summed E-state index contributed by atoms with van der Waals surface area (Å²) in [6, 6.07) is 0.728. The number of carbonyl (C=O) groups excluding carboxylic acids is 2. The molecule has 0 saturated carbocycles. The zero-order chi connectivity index (χ0) is 18.9. The topological polar surface area (TPSA) is 134 Å². The fourth-order valence-corrected chi connectivity index (χ4v) is 2.52. The average molecular weight is 350 g/mol. The van der Waals surface area contributed by atoms with Crippen LogP contribution in [-0.4, -0.2) is 43.1 Å². The quantitative estimate of drug-likeness (QED) is 0.482. The molecule has 0 unspecified atom stereocenters. The number of allylic oxidation sites excluding steroid dienone is 1. The molecule has 134 valence electrons. The van der Waals surface area contributed by atoms with Gasteiger partial charge in [-0.15, -0.1) is 0 Å². The van der Waals surface area contributed by atoms with E-state index in [9.17, 15) is 24.8 Å². The monoisotopic (exact) mass is 350 g/mol. The van der Waals surface area contributed by atoms with E-state index in [0.717, 1.165) is 6.07 Å². The smallest absolute Gasteiger partial charge is 0.337 e. The molecule has 0 radical (unpaired) electrons. The highest BCUT2D eigenvalue weighted by atomic mass is 16.6. The van der Waals surface area contributed by atoms with E-state index in [0.29, 0.717) is 5.70 Å². The van der Waals surface area contributed by atoms with Crippen LogP contribution in [0, 0.1) is 10.1 Å². The minimum atomic E-state index is -1.02. The molecule has 1 aliphatic heterocycles. The summed E-state index contributed by atoms with van der Waals surface area (Å²) in [7, 11) is 3.84. The van der Waals surface area contributed by atoms with Gasteiger partial charge in [-0.3, -0.25) is 10.1 Å². The van der Waals surface area contributed by atoms with Gasteiger partial charge in [0.15, 0.2) is 0 Å². The van der Waals surface area contributed by atoms with Crippen molar-refractivity contribution in [1.29, 1.82) is 0 Å². The Morgan fingerprint density at radius 1 is 1.36 bits per heavy atom. The van der Waals surface area contributed by atoms with Crippen LogP contribution in [0.25, 0.3) is 0 Å². The Bertz CT molecular complexity index is 788. The summed E-state index contributed by atoms with van der Waals surface area (Å²) in [5.41, 5.74) is -0.137. The summed E-state index contributed by atoms with van der Waals surface area (Å²) in [6.45, 7) is 1.55. The van der Waals surface area contributed by atoms with Gasteiger partial charge in [-0.1, -0.05) is 0 Å². The van der Waals surface area contributed by atoms with Gasteiger partial charge in [0, 0.05) is 24.6 Å². The number of rotatable bonds is 4. The predicted molar refractivity (Wildman–Crippen MR) is 82.8 cm³/mol. The molecule has 1 aliphatic rings. The van der Waals surface area contributed by atoms with Crippen LogP contribution in [0.1, 0.15) is 18.5 Å². The predicted octanol–water partition coefficient (Wildman–Crippen LogP) is 0.820. The molecule has 0 bridgehead atoms. The molecule has 10 nitrogen and oxygen atoms in total. The Morgan fingerprint density at radius 2 is 2.00 bits per heavy atom. The fourth-order valence-electron chi connectivity index (χ4n) is 2.52. The first-order valence-corrected chi connectivity index (χ1v) is 7.09. The number of hydrogen-bond acceptors (Lipinski definition) is 7. The number of benzene rings is 1. The molecular weight excluding hydrogens is 334 g/mol. The van der Waals surface area contributed by atoms with E-state index in [1.807, 2.05) is 0 Å². The number of urea groups is 1. The first kappa shape index (κ1) is 18.0. The van der Waals surface area contributed by atoms with Crippen LogP contribution in [-0.2, 0) is 9.53 Å². The average Bonchev–Trinajstić information content (AvgIpc) is 2.58. The normalized spacial score (nSPS) is 17.2. The zero-order valence-corrected chi connectivity index (χ0v) is 14.0. The molecule has 0 saturated heterocycles. The minimum absolute atomic E-state index is 0.0969. The lowest BCUT2D eigenvalue weighted by Gasteiger charge is -2.33. The van der Waals surface area contributed by atoms with Crippen LogP contribution >= 0.6 is 0 Å². The van der Waals surface area contributed by atoms with Crippen LogP contribution in [0.3, 0.4) is 0 Å². The number of carbonyl (C=O) groups is 2. The molecule has 1 aromatic carbocycles. The molecule has 0 aliphatic carbocycles. The lowest BCUT2D eigenvalue weighted by molar-refractivity contribution is -0.398. The zero-order valence-electron chi connectivity index (χ0n) is 14.0. The maximum absolute atomic E-state index is 12.2. The van der Waals surface area contributed by atoms with E-state index < -0.39 is 34.4 Å². The molecular formula is C15H16N3O7-. The summed E-state index contributed by atoms with van der Waals surface area (Å²) in [4.78, 5) is 35.8. The summed E-state index contributed by atoms with van der Waals surface area (Å²) >= 11 is 0. The van der Waals surface area contributed by atoms with Crippen LogP contribution in [0.2, 0.25) is 0 Å². The number of nitro benzene ring substituents is 1. The molecule has 1 N–H and O–H groups in total. The van der Waals surface area contributed by atoms with Gasteiger partial charge < -0.3 is 24.8 Å². The first-order valence-electron chi connectivity index (χ1n) is 7.09. The molecule has 1 atom stereocenters. The number of amides is 2. The van der Waals surface area contributed by atoms with Crippen molar-refractivity contribution in [2.75, 3.05) is 21.3 Å².